The maximum atomic E-state index is 4.42. The van der Waals surface area contributed by atoms with Gasteiger partial charge < -0.3 is 5.32 Å². The van der Waals surface area contributed by atoms with Gasteiger partial charge in [-0.15, -0.1) is 11.3 Å². The van der Waals surface area contributed by atoms with Crippen LogP contribution in [0.1, 0.15) is 22.7 Å². The zero-order valence-electron chi connectivity index (χ0n) is 9.49. The molecule has 0 radical (unpaired) electrons. The third kappa shape index (κ3) is 3.00. The van der Waals surface area contributed by atoms with E-state index in [-0.39, 0.29) is 0 Å². The van der Waals surface area contributed by atoms with Gasteiger partial charge in [0.2, 0.25) is 0 Å². The van der Waals surface area contributed by atoms with E-state index in [0.29, 0.717) is 6.04 Å². The van der Waals surface area contributed by atoms with Crippen molar-refractivity contribution < 1.29 is 0 Å². The Bertz CT molecular complexity index is 311. The number of piperidine rings is 1. The zero-order valence-corrected chi connectivity index (χ0v) is 10.3. The molecule has 0 bridgehead atoms. The topological polar surface area (TPSA) is 28.2 Å². The minimum atomic E-state index is 0.666. The van der Waals surface area contributed by atoms with Crippen LogP contribution in [0.2, 0.25) is 0 Å². The third-order valence-electron chi connectivity index (χ3n) is 2.94. The number of hydrogen-bond acceptors (Lipinski definition) is 4. The summed E-state index contributed by atoms with van der Waals surface area (Å²) < 4.78 is 0. The van der Waals surface area contributed by atoms with Crippen molar-refractivity contribution in [2.45, 2.75) is 32.4 Å². The molecule has 1 N–H and O–H groups in total. The summed E-state index contributed by atoms with van der Waals surface area (Å²) in [5.74, 6) is 0. The number of rotatable bonds is 3. The van der Waals surface area contributed by atoms with Crippen LogP contribution in [0.15, 0.2) is 6.20 Å². The van der Waals surface area contributed by atoms with Gasteiger partial charge in [-0.3, -0.25) is 4.90 Å². The molecule has 1 aliphatic heterocycles. The molecule has 3 nitrogen and oxygen atoms in total. The predicted molar refractivity (Wildman–Crippen MR) is 64.2 cm³/mol. The van der Waals surface area contributed by atoms with Gasteiger partial charge in [0.05, 0.1) is 6.54 Å². The molecule has 2 heterocycles. The van der Waals surface area contributed by atoms with Crippen LogP contribution in [0.3, 0.4) is 0 Å². The molecule has 84 valence electrons. The van der Waals surface area contributed by atoms with Crippen LogP contribution < -0.4 is 5.32 Å². The van der Waals surface area contributed by atoms with Gasteiger partial charge in [0, 0.05) is 23.7 Å². The van der Waals surface area contributed by atoms with E-state index in [1.54, 1.807) is 0 Å². The van der Waals surface area contributed by atoms with Crippen molar-refractivity contribution in [1.82, 2.24) is 15.2 Å². The van der Waals surface area contributed by atoms with Crippen LogP contribution in [0.5, 0.6) is 0 Å². The van der Waals surface area contributed by atoms with Crippen molar-refractivity contribution in [3.63, 3.8) is 0 Å². The predicted octanol–water partition coefficient (Wildman–Crippen LogP) is 1.64. The lowest BCUT2D eigenvalue weighted by molar-refractivity contribution is 0.188. The number of hydrogen-bond donors (Lipinski definition) is 1. The molecule has 0 amide bonds. The fourth-order valence-electron chi connectivity index (χ4n) is 2.10. The summed E-state index contributed by atoms with van der Waals surface area (Å²) in [7, 11) is 2.06. The molecule has 15 heavy (non-hydrogen) atoms. The minimum absolute atomic E-state index is 0.666. The van der Waals surface area contributed by atoms with Gasteiger partial charge in [-0.1, -0.05) is 0 Å². The second kappa shape index (κ2) is 5.05. The van der Waals surface area contributed by atoms with E-state index in [1.807, 2.05) is 17.5 Å². The number of likely N-dealkylation sites (tertiary alicyclic amines) is 1. The Labute approximate surface area is 95.5 Å². The standard InChI is InChI=1S/C11H19N3S/c1-9-6-13-11(15-9)8-14-5-3-4-10(7-14)12-2/h6,10,12H,3-5,7-8H2,1-2H3. The fraction of sp³-hybridized carbons (Fsp3) is 0.727. The Morgan fingerprint density at radius 2 is 2.53 bits per heavy atom. The summed E-state index contributed by atoms with van der Waals surface area (Å²) in [5.41, 5.74) is 0. The van der Waals surface area contributed by atoms with E-state index in [9.17, 15) is 0 Å². The van der Waals surface area contributed by atoms with Gasteiger partial charge in [-0.2, -0.15) is 0 Å². The van der Waals surface area contributed by atoms with Crippen LogP contribution in [0.25, 0.3) is 0 Å². The van der Waals surface area contributed by atoms with E-state index in [1.165, 1.54) is 29.3 Å². The Balaban J connectivity index is 1.88. The highest BCUT2D eigenvalue weighted by molar-refractivity contribution is 7.11. The van der Waals surface area contributed by atoms with Gasteiger partial charge in [0.1, 0.15) is 5.01 Å². The summed E-state index contributed by atoms with van der Waals surface area (Å²) in [5, 5.41) is 4.62. The van der Waals surface area contributed by atoms with Gasteiger partial charge in [0.15, 0.2) is 0 Å². The SMILES string of the molecule is CNC1CCCN(Cc2ncc(C)s2)C1. The summed E-state index contributed by atoms with van der Waals surface area (Å²) in [6, 6.07) is 0.666. The van der Waals surface area contributed by atoms with Gasteiger partial charge in [0.25, 0.3) is 0 Å². The molecule has 1 unspecified atom stereocenters. The molecule has 0 aliphatic carbocycles. The fourth-order valence-corrected chi connectivity index (χ4v) is 2.93. The molecule has 2 rings (SSSR count). The first-order valence-corrected chi connectivity index (χ1v) is 6.40. The van der Waals surface area contributed by atoms with E-state index in [2.05, 4.69) is 29.2 Å². The number of likely N-dealkylation sites (N-methyl/N-ethyl adjacent to an activating group) is 1. The molecule has 1 aromatic rings. The monoisotopic (exact) mass is 225 g/mol. The molecule has 0 aromatic carbocycles. The summed E-state index contributed by atoms with van der Waals surface area (Å²) in [6.07, 6.45) is 4.58. The molecule has 4 heteroatoms. The molecule has 0 spiro atoms. The maximum absolute atomic E-state index is 4.42. The quantitative estimate of drug-likeness (QED) is 0.847. The molecule has 1 saturated heterocycles. The minimum Gasteiger partial charge on any atom is -0.316 e. The highest BCUT2D eigenvalue weighted by Gasteiger charge is 2.18. The van der Waals surface area contributed by atoms with Crippen molar-refractivity contribution in [3.8, 4) is 0 Å². The number of nitrogens with zero attached hydrogens (tertiary/aromatic N) is 2. The van der Waals surface area contributed by atoms with Crippen LogP contribution in [0, 0.1) is 6.92 Å². The second-order valence-corrected chi connectivity index (χ2v) is 5.55. The van der Waals surface area contributed by atoms with E-state index in [4.69, 9.17) is 0 Å². The third-order valence-corrected chi connectivity index (χ3v) is 3.84. The van der Waals surface area contributed by atoms with E-state index >= 15 is 0 Å². The van der Waals surface area contributed by atoms with Crippen molar-refractivity contribution in [2.24, 2.45) is 0 Å². The van der Waals surface area contributed by atoms with Crippen LogP contribution >= 0.6 is 11.3 Å². The smallest absolute Gasteiger partial charge is 0.107 e. The van der Waals surface area contributed by atoms with Crippen molar-refractivity contribution in [3.05, 3.63) is 16.1 Å². The summed E-state index contributed by atoms with van der Waals surface area (Å²) in [4.78, 5) is 8.23. The first-order valence-electron chi connectivity index (χ1n) is 5.59. The lowest BCUT2D eigenvalue weighted by Crippen LogP contribution is -2.43. The molecular weight excluding hydrogens is 206 g/mol. The first kappa shape index (κ1) is 11.0. The maximum Gasteiger partial charge on any atom is 0.107 e. The molecule has 1 aliphatic rings. The first-order chi connectivity index (χ1) is 7.28. The lowest BCUT2D eigenvalue weighted by atomic mass is 10.1. The molecular formula is C11H19N3S. The number of aryl methyl sites for hydroxylation is 1. The Morgan fingerprint density at radius 1 is 1.67 bits per heavy atom. The van der Waals surface area contributed by atoms with Crippen LogP contribution in [-0.4, -0.2) is 36.1 Å². The molecule has 1 fully saturated rings. The lowest BCUT2D eigenvalue weighted by Gasteiger charge is -2.31. The van der Waals surface area contributed by atoms with Gasteiger partial charge >= 0.3 is 0 Å². The summed E-state index contributed by atoms with van der Waals surface area (Å²) >= 11 is 1.82. The molecule has 0 saturated carbocycles. The van der Waals surface area contributed by atoms with Gasteiger partial charge in [-0.05, 0) is 33.4 Å². The van der Waals surface area contributed by atoms with Crippen molar-refractivity contribution in [2.75, 3.05) is 20.1 Å². The molecule has 1 atom stereocenters. The van der Waals surface area contributed by atoms with E-state index in [0.717, 1.165) is 13.1 Å². The van der Waals surface area contributed by atoms with E-state index < -0.39 is 0 Å². The highest BCUT2D eigenvalue weighted by Crippen LogP contribution is 2.17. The van der Waals surface area contributed by atoms with Crippen molar-refractivity contribution >= 4 is 11.3 Å². The Morgan fingerprint density at radius 3 is 3.20 bits per heavy atom. The zero-order chi connectivity index (χ0) is 10.7. The number of thiazole rings is 1. The van der Waals surface area contributed by atoms with Crippen LogP contribution in [-0.2, 0) is 6.54 Å². The number of aromatic nitrogens is 1. The largest absolute Gasteiger partial charge is 0.316 e. The average Bonchev–Trinajstić information content (AvgIpc) is 2.64. The van der Waals surface area contributed by atoms with Crippen molar-refractivity contribution in [1.29, 1.82) is 0 Å². The number of nitrogens with one attached hydrogen (secondary N) is 1. The van der Waals surface area contributed by atoms with Crippen LogP contribution in [0.4, 0.5) is 0 Å². The molecule has 1 aromatic heterocycles. The highest BCUT2D eigenvalue weighted by atomic mass is 32.1. The second-order valence-electron chi connectivity index (χ2n) is 4.23. The Kier molecular flexibility index (Phi) is 3.72. The average molecular weight is 225 g/mol. The van der Waals surface area contributed by atoms with Gasteiger partial charge in [-0.25, -0.2) is 4.98 Å². The Hall–Kier alpha value is -0.450. The summed E-state index contributed by atoms with van der Waals surface area (Å²) in [6.45, 7) is 5.52. The normalized spacial score (nSPS) is 23.2.